The molecule has 0 atom stereocenters. The van der Waals surface area contributed by atoms with Crippen molar-refractivity contribution in [2.45, 2.75) is 6.92 Å². The van der Waals surface area contributed by atoms with Crippen LogP contribution in [0.15, 0.2) is 30.3 Å². The van der Waals surface area contributed by atoms with Crippen LogP contribution in [-0.4, -0.2) is 18.5 Å². The molecule has 0 saturated carbocycles. The second-order valence-corrected chi connectivity index (χ2v) is 3.31. The predicted molar refractivity (Wildman–Crippen MR) is 59.7 cm³/mol. The molecule has 0 spiro atoms. The van der Waals surface area contributed by atoms with Crippen LogP contribution in [0.4, 0.5) is 5.69 Å². The molecule has 1 aromatic rings. The zero-order valence-corrected chi connectivity index (χ0v) is 8.82. The Kier molecular flexibility index (Phi) is 2.72. The van der Waals surface area contributed by atoms with Gasteiger partial charge in [0.25, 0.3) is 5.91 Å². The summed E-state index contributed by atoms with van der Waals surface area (Å²) in [4.78, 5) is 22.9. The van der Waals surface area contributed by atoms with Gasteiger partial charge >= 0.3 is 5.97 Å². The number of ether oxygens (including phenoxy) is 1. The van der Waals surface area contributed by atoms with E-state index >= 15 is 0 Å². The molecule has 0 aliphatic carbocycles. The van der Waals surface area contributed by atoms with Gasteiger partial charge < -0.3 is 10.1 Å². The maximum absolute atomic E-state index is 11.6. The van der Waals surface area contributed by atoms with Crippen LogP contribution < -0.4 is 5.32 Å². The average molecular weight is 217 g/mol. The highest BCUT2D eigenvalue weighted by Gasteiger charge is 2.24. The minimum absolute atomic E-state index is 0.269. The highest BCUT2D eigenvalue weighted by atomic mass is 16.5. The fourth-order valence-electron chi connectivity index (χ4n) is 1.58. The summed E-state index contributed by atoms with van der Waals surface area (Å²) in [5, 5.41) is 2.68. The first-order valence-corrected chi connectivity index (χ1v) is 5.01. The number of para-hydroxylation sites is 1. The molecule has 1 aliphatic rings. The van der Waals surface area contributed by atoms with Gasteiger partial charge in [0.05, 0.1) is 12.2 Å². The molecule has 1 heterocycles. The van der Waals surface area contributed by atoms with Gasteiger partial charge in [-0.3, -0.25) is 4.79 Å². The van der Waals surface area contributed by atoms with Gasteiger partial charge in [-0.25, -0.2) is 4.79 Å². The first-order valence-electron chi connectivity index (χ1n) is 5.01. The minimum atomic E-state index is -0.496. The van der Waals surface area contributed by atoms with Gasteiger partial charge in [-0.1, -0.05) is 18.2 Å². The predicted octanol–water partition coefficient (Wildman–Crippen LogP) is 1.59. The van der Waals surface area contributed by atoms with E-state index < -0.39 is 5.97 Å². The molecule has 0 unspecified atom stereocenters. The van der Waals surface area contributed by atoms with Gasteiger partial charge in [0.1, 0.15) is 0 Å². The van der Waals surface area contributed by atoms with E-state index in [0.29, 0.717) is 12.2 Å². The maximum atomic E-state index is 11.6. The molecule has 1 amide bonds. The van der Waals surface area contributed by atoms with Crippen molar-refractivity contribution in [1.82, 2.24) is 0 Å². The summed E-state index contributed by atoms with van der Waals surface area (Å²) in [5.74, 6) is -0.765. The molecule has 0 radical (unpaired) electrons. The van der Waals surface area contributed by atoms with Crippen molar-refractivity contribution in [1.29, 1.82) is 0 Å². The van der Waals surface area contributed by atoms with E-state index in [2.05, 4.69) is 5.32 Å². The fourth-order valence-corrected chi connectivity index (χ4v) is 1.58. The SMILES string of the molecule is CCOC(=O)/C=C1/C(=O)Nc2ccccc21. The van der Waals surface area contributed by atoms with E-state index in [1.165, 1.54) is 6.08 Å². The fraction of sp³-hybridized carbons (Fsp3) is 0.167. The molecule has 82 valence electrons. The van der Waals surface area contributed by atoms with Crippen LogP contribution in [0.25, 0.3) is 5.57 Å². The molecule has 1 aliphatic heterocycles. The first kappa shape index (κ1) is 10.4. The van der Waals surface area contributed by atoms with Crippen molar-refractivity contribution in [2.24, 2.45) is 0 Å². The van der Waals surface area contributed by atoms with Crippen molar-refractivity contribution in [3.05, 3.63) is 35.9 Å². The van der Waals surface area contributed by atoms with Crippen LogP contribution in [-0.2, 0) is 14.3 Å². The van der Waals surface area contributed by atoms with Crippen molar-refractivity contribution < 1.29 is 14.3 Å². The van der Waals surface area contributed by atoms with Gasteiger partial charge in [-0.2, -0.15) is 0 Å². The number of benzene rings is 1. The molecular weight excluding hydrogens is 206 g/mol. The monoisotopic (exact) mass is 217 g/mol. The van der Waals surface area contributed by atoms with Gasteiger partial charge in [0.15, 0.2) is 0 Å². The van der Waals surface area contributed by atoms with E-state index in [1.54, 1.807) is 19.1 Å². The van der Waals surface area contributed by atoms with Crippen molar-refractivity contribution >= 4 is 23.1 Å². The zero-order chi connectivity index (χ0) is 11.5. The van der Waals surface area contributed by atoms with Crippen LogP contribution in [0.5, 0.6) is 0 Å². The number of hydrogen-bond donors (Lipinski definition) is 1. The average Bonchev–Trinajstić information content (AvgIpc) is 2.56. The number of hydrogen-bond acceptors (Lipinski definition) is 3. The molecule has 1 aromatic carbocycles. The smallest absolute Gasteiger partial charge is 0.331 e. The number of carbonyl (C=O) groups is 2. The van der Waals surface area contributed by atoms with E-state index in [1.807, 2.05) is 12.1 Å². The Bertz CT molecular complexity index is 477. The van der Waals surface area contributed by atoms with Crippen LogP contribution in [0, 0.1) is 0 Å². The van der Waals surface area contributed by atoms with Crippen molar-refractivity contribution in [2.75, 3.05) is 11.9 Å². The summed E-state index contributed by atoms with van der Waals surface area (Å²) in [6.45, 7) is 2.02. The summed E-state index contributed by atoms with van der Waals surface area (Å²) in [5.41, 5.74) is 1.82. The molecular formula is C12H11NO3. The van der Waals surface area contributed by atoms with Crippen molar-refractivity contribution in [3.8, 4) is 0 Å². The molecule has 0 saturated heterocycles. The van der Waals surface area contributed by atoms with Crippen LogP contribution in [0.2, 0.25) is 0 Å². The summed E-state index contributed by atoms with van der Waals surface area (Å²) >= 11 is 0. The summed E-state index contributed by atoms with van der Waals surface area (Å²) in [6, 6.07) is 7.22. The topological polar surface area (TPSA) is 55.4 Å². The standard InChI is InChI=1S/C12H11NO3/c1-2-16-11(14)7-9-8-5-3-4-6-10(8)13-12(9)15/h3-7H,2H2,1H3,(H,13,15)/b9-7+. The highest BCUT2D eigenvalue weighted by molar-refractivity contribution is 6.33. The Labute approximate surface area is 92.9 Å². The number of nitrogens with one attached hydrogen (secondary N) is 1. The molecule has 4 nitrogen and oxygen atoms in total. The lowest BCUT2D eigenvalue weighted by atomic mass is 10.1. The second-order valence-electron chi connectivity index (χ2n) is 3.31. The minimum Gasteiger partial charge on any atom is -0.463 e. The second kappa shape index (κ2) is 4.18. The maximum Gasteiger partial charge on any atom is 0.331 e. The van der Waals surface area contributed by atoms with Gasteiger partial charge in [0.2, 0.25) is 0 Å². The summed E-state index contributed by atoms with van der Waals surface area (Å²) in [7, 11) is 0. The molecule has 2 rings (SSSR count). The number of amides is 1. The largest absolute Gasteiger partial charge is 0.463 e. The summed E-state index contributed by atoms with van der Waals surface area (Å²) in [6.07, 6.45) is 1.23. The summed E-state index contributed by atoms with van der Waals surface area (Å²) < 4.78 is 4.77. The number of carbonyl (C=O) groups excluding carboxylic acids is 2. The first-order chi connectivity index (χ1) is 7.72. The van der Waals surface area contributed by atoms with E-state index in [4.69, 9.17) is 4.74 Å². The third-order valence-electron chi connectivity index (χ3n) is 2.26. The van der Waals surface area contributed by atoms with Crippen molar-refractivity contribution in [3.63, 3.8) is 0 Å². The van der Waals surface area contributed by atoms with Crippen LogP contribution in [0.3, 0.4) is 0 Å². The van der Waals surface area contributed by atoms with E-state index in [-0.39, 0.29) is 5.91 Å². The Morgan fingerprint density at radius 1 is 1.44 bits per heavy atom. The number of fused-ring (bicyclic) bond motifs is 1. The third-order valence-corrected chi connectivity index (χ3v) is 2.26. The Hall–Kier alpha value is -2.10. The zero-order valence-electron chi connectivity index (χ0n) is 8.82. The molecule has 0 fully saturated rings. The van der Waals surface area contributed by atoms with Gasteiger partial charge in [-0.05, 0) is 13.0 Å². The number of anilines is 1. The molecule has 1 N–H and O–H groups in total. The van der Waals surface area contributed by atoms with Gasteiger partial charge in [-0.15, -0.1) is 0 Å². The van der Waals surface area contributed by atoms with E-state index in [0.717, 1.165) is 11.3 Å². The van der Waals surface area contributed by atoms with E-state index in [9.17, 15) is 9.59 Å². The normalized spacial score (nSPS) is 15.8. The highest BCUT2D eigenvalue weighted by Crippen LogP contribution is 2.30. The quantitative estimate of drug-likeness (QED) is 0.604. The molecule has 16 heavy (non-hydrogen) atoms. The third kappa shape index (κ3) is 1.82. The molecule has 0 aromatic heterocycles. The lowest BCUT2D eigenvalue weighted by Gasteiger charge is -1.98. The Morgan fingerprint density at radius 2 is 2.19 bits per heavy atom. The van der Waals surface area contributed by atoms with Crippen LogP contribution >= 0.6 is 0 Å². The number of esters is 1. The molecule has 0 bridgehead atoms. The lowest BCUT2D eigenvalue weighted by Crippen LogP contribution is -2.07. The molecule has 4 heteroatoms. The van der Waals surface area contributed by atoms with Gasteiger partial charge in [0, 0.05) is 17.3 Å². The number of rotatable bonds is 2. The lowest BCUT2D eigenvalue weighted by molar-refractivity contribution is -0.137. The van der Waals surface area contributed by atoms with Crippen LogP contribution in [0.1, 0.15) is 12.5 Å². The Balaban J connectivity index is 2.35. The Morgan fingerprint density at radius 3 is 2.94 bits per heavy atom.